The first kappa shape index (κ1) is 17.1. The van der Waals surface area contributed by atoms with E-state index in [2.05, 4.69) is 67.6 Å². The first-order valence-electron chi connectivity index (χ1n) is 7.04. The van der Waals surface area contributed by atoms with Gasteiger partial charge in [0.2, 0.25) is 0 Å². The summed E-state index contributed by atoms with van der Waals surface area (Å²) in [7, 11) is 9.92. The summed E-state index contributed by atoms with van der Waals surface area (Å²) >= 11 is -0.972. The van der Waals surface area contributed by atoms with Gasteiger partial charge in [-0.2, -0.15) is 0 Å². The van der Waals surface area contributed by atoms with Crippen LogP contribution in [-0.4, -0.2) is 13.1 Å². The minimum atomic E-state index is -0.972. The van der Waals surface area contributed by atoms with E-state index in [-0.39, 0.29) is 0 Å². The molecule has 0 saturated heterocycles. The van der Waals surface area contributed by atoms with Crippen LogP contribution in [0.4, 0.5) is 5.69 Å². The second-order valence-corrected chi connectivity index (χ2v) is 9.94. The van der Waals surface area contributed by atoms with Gasteiger partial charge in [0, 0.05) is 25.2 Å². The van der Waals surface area contributed by atoms with Crippen LogP contribution in [0, 0.1) is 6.42 Å². The molecule has 1 nitrogen and oxygen atoms in total. The first-order chi connectivity index (χ1) is 10.2. The molecular formula is C17H18Cl2HfN. The summed E-state index contributed by atoms with van der Waals surface area (Å²) in [5, 5.41) is 0. The molecule has 0 spiro atoms. The van der Waals surface area contributed by atoms with Gasteiger partial charge < -0.3 is 4.90 Å². The summed E-state index contributed by atoms with van der Waals surface area (Å²) in [6.07, 6.45) is 2.29. The normalized spacial score (nSPS) is 11.0. The molecule has 0 atom stereocenters. The number of nitrogens with zero attached hydrogens (tertiary/aromatic N) is 1. The molecule has 0 unspecified atom stereocenters. The molecule has 0 fully saturated rings. The fraction of sp³-hybridized carbons (Fsp3) is 0.235. The molecule has 2 aromatic carbocycles. The summed E-state index contributed by atoms with van der Waals surface area (Å²) in [6.45, 7) is 6.52. The maximum absolute atomic E-state index is 4.96. The van der Waals surface area contributed by atoms with Gasteiger partial charge in [-0.25, -0.2) is 0 Å². The van der Waals surface area contributed by atoms with Crippen molar-refractivity contribution in [3.05, 3.63) is 60.0 Å². The van der Waals surface area contributed by atoms with E-state index in [1.807, 2.05) is 0 Å². The van der Waals surface area contributed by atoms with Crippen LogP contribution in [0.1, 0.15) is 25.0 Å². The average molecular weight is 486 g/mol. The van der Waals surface area contributed by atoms with E-state index in [1.165, 1.54) is 27.9 Å². The summed E-state index contributed by atoms with van der Waals surface area (Å²) in [5.74, 6) is 0. The molecule has 0 heterocycles. The van der Waals surface area contributed by atoms with Crippen LogP contribution < -0.4 is 4.90 Å². The molecule has 109 valence electrons. The number of hydrogen-bond donors (Lipinski definition) is 0. The Hall–Kier alpha value is -0.310. The Morgan fingerprint density at radius 3 is 2.19 bits per heavy atom. The third-order valence-electron chi connectivity index (χ3n) is 3.73. The van der Waals surface area contributed by atoms with Crippen molar-refractivity contribution < 1.29 is 20.5 Å². The van der Waals surface area contributed by atoms with Crippen LogP contribution in [0.2, 0.25) is 0 Å². The van der Waals surface area contributed by atoms with Crippen molar-refractivity contribution >= 4 is 22.8 Å². The monoisotopic (exact) mass is 486 g/mol. The number of rotatable bonds is 3. The van der Waals surface area contributed by atoms with Crippen molar-refractivity contribution in [3.63, 3.8) is 0 Å². The topological polar surface area (TPSA) is 3.24 Å². The van der Waals surface area contributed by atoms with Crippen LogP contribution >= 0.6 is 17.2 Å². The van der Waals surface area contributed by atoms with Crippen LogP contribution in [0.25, 0.3) is 11.1 Å². The molecule has 1 aliphatic rings. The summed E-state index contributed by atoms with van der Waals surface area (Å²) in [5.41, 5.74) is 6.73. The summed E-state index contributed by atoms with van der Waals surface area (Å²) < 4.78 is 0. The zero-order valence-corrected chi connectivity index (χ0v) is 17.3. The van der Waals surface area contributed by atoms with Crippen molar-refractivity contribution in [3.8, 4) is 11.1 Å². The Bertz CT molecular complexity index is 597. The van der Waals surface area contributed by atoms with Crippen molar-refractivity contribution in [2.75, 3.05) is 18.0 Å². The third kappa shape index (κ3) is 3.91. The fourth-order valence-electron chi connectivity index (χ4n) is 2.74. The molecule has 1 radical (unpaired) electrons. The zero-order chi connectivity index (χ0) is 15.2. The molecule has 2 aromatic rings. The Morgan fingerprint density at radius 2 is 1.52 bits per heavy atom. The van der Waals surface area contributed by atoms with Crippen LogP contribution in [0.15, 0.2) is 42.5 Å². The van der Waals surface area contributed by atoms with Crippen molar-refractivity contribution in [1.29, 1.82) is 0 Å². The van der Waals surface area contributed by atoms with Gasteiger partial charge in [0.05, 0.1) is 0 Å². The third-order valence-corrected chi connectivity index (χ3v) is 3.73. The molecule has 0 aliphatic heterocycles. The van der Waals surface area contributed by atoms with Crippen molar-refractivity contribution in [2.45, 2.75) is 13.8 Å². The predicted molar refractivity (Wildman–Crippen MR) is 89.6 cm³/mol. The Balaban J connectivity index is 0.000000497. The van der Waals surface area contributed by atoms with E-state index < -0.39 is 20.5 Å². The van der Waals surface area contributed by atoms with Gasteiger partial charge in [0.15, 0.2) is 0 Å². The van der Waals surface area contributed by atoms with Crippen molar-refractivity contribution in [2.24, 2.45) is 0 Å². The van der Waals surface area contributed by atoms with E-state index in [1.54, 1.807) is 0 Å². The molecule has 0 bridgehead atoms. The van der Waals surface area contributed by atoms with Gasteiger partial charge in [0.1, 0.15) is 0 Å². The van der Waals surface area contributed by atoms with Gasteiger partial charge in [-0.15, -0.1) is 0 Å². The van der Waals surface area contributed by atoms with Gasteiger partial charge in [-0.05, 0) is 48.2 Å². The van der Waals surface area contributed by atoms with E-state index in [4.69, 9.17) is 17.2 Å². The van der Waals surface area contributed by atoms with E-state index >= 15 is 0 Å². The number of benzene rings is 2. The van der Waals surface area contributed by atoms with E-state index in [9.17, 15) is 0 Å². The van der Waals surface area contributed by atoms with E-state index in [0.717, 1.165) is 13.1 Å². The van der Waals surface area contributed by atoms with Crippen LogP contribution in [0.5, 0.6) is 0 Å². The number of fused-ring (bicyclic) bond motifs is 3. The molecule has 4 heteroatoms. The number of anilines is 1. The standard InChI is InChI=1S/C17H18N.2ClH.Hf/c1-3-18(4-2)15-9-10-17-14(12-15)11-13-7-5-6-8-16(13)17;;;/h5-12H,3-4H2,1-2H3;2*1H;/q;;;+2/p-2. The Labute approximate surface area is 145 Å². The molecule has 0 saturated carbocycles. The Kier molecular flexibility index (Phi) is 6.78. The van der Waals surface area contributed by atoms with Gasteiger partial charge in [-0.3, -0.25) is 0 Å². The van der Waals surface area contributed by atoms with Crippen LogP contribution in [0.3, 0.4) is 0 Å². The molecule has 3 rings (SSSR count). The number of hydrogen-bond acceptors (Lipinski definition) is 1. The summed E-state index contributed by atoms with van der Waals surface area (Å²) in [4.78, 5) is 2.39. The van der Waals surface area contributed by atoms with Gasteiger partial charge in [-0.1, -0.05) is 30.3 Å². The number of halogens is 2. The summed E-state index contributed by atoms with van der Waals surface area (Å²) in [6, 6.07) is 15.4. The van der Waals surface area contributed by atoms with E-state index in [0.29, 0.717) is 0 Å². The van der Waals surface area contributed by atoms with Crippen LogP contribution in [-0.2, 0) is 20.5 Å². The Morgan fingerprint density at radius 1 is 0.905 bits per heavy atom. The molecular weight excluding hydrogens is 468 g/mol. The second-order valence-electron chi connectivity index (χ2n) is 4.75. The molecule has 21 heavy (non-hydrogen) atoms. The quantitative estimate of drug-likeness (QED) is 0.444. The zero-order valence-electron chi connectivity index (χ0n) is 12.2. The fourth-order valence-corrected chi connectivity index (χ4v) is 2.74. The van der Waals surface area contributed by atoms with Gasteiger partial charge >= 0.3 is 37.7 Å². The predicted octanol–water partition coefficient (Wildman–Crippen LogP) is 5.49. The molecule has 0 N–H and O–H groups in total. The molecule has 0 aromatic heterocycles. The molecule has 1 aliphatic carbocycles. The minimum absolute atomic E-state index is 0.972. The molecule has 0 amide bonds. The maximum atomic E-state index is 4.96. The van der Waals surface area contributed by atoms with Crippen molar-refractivity contribution in [1.82, 2.24) is 0 Å². The second kappa shape index (κ2) is 8.36. The SMILES string of the molecule is CCN(CC)c1ccc2c(c1)[CH]c1ccccc1-2.[Cl][Hf][Cl]. The average Bonchev–Trinajstić information content (AvgIpc) is 2.87. The first-order valence-corrected chi connectivity index (χ1v) is 15.9. The van der Waals surface area contributed by atoms with Gasteiger partial charge in [0.25, 0.3) is 0 Å².